The van der Waals surface area contributed by atoms with E-state index in [-0.39, 0.29) is 29.7 Å². The number of piperidine rings is 2. The van der Waals surface area contributed by atoms with E-state index in [0.717, 1.165) is 24.2 Å². The molecule has 160 valence electrons. The Hall–Kier alpha value is -2.25. The number of carbonyl (C=O) groups is 3. The molecular weight excluding hydrogens is 380 g/mol. The van der Waals surface area contributed by atoms with Gasteiger partial charge < -0.3 is 10.2 Å². The lowest BCUT2D eigenvalue weighted by atomic mass is 9.94. The Morgan fingerprint density at radius 1 is 1.17 bits per heavy atom. The minimum absolute atomic E-state index is 0.0981. The second-order valence-corrected chi connectivity index (χ2v) is 9.35. The molecule has 2 unspecified atom stereocenters. The molecule has 30 heavy (non-hydrogen) atoms. The molecule has 4 aliphatic rings. The molecule has 1 aliphatic carbocycles. The molecule has 0 spiro atoms. The van der Waals surface area contributed by atoms with Crippen LogP contribution >= 0.6 is 0 Å². The second-order valence-electron chi connectivity index (χ2n) is 9.35. The van der Waals surface area contributed by atoms with Crippen molar-refractivity contribution in [2.75, 3.05) is 13.6 Å². The quantitative estimate of drug-likeness (QED) is 0.720. The van der Waals surface area contributed by atoms with Crippen LogP contribution in [0.1, 0.15) is 66.4 Å². The molecule has 3 aliphatic heterocycles. The third-order valence-corrected chi connectivity index (χ3v) is 7.49. The number of carbonyl (C=O) groups excluding carboxylic acids is 3. The van der Waals surface area contributed by atoms with Gasteiger partial charge in [0.25, 0.3) is 5.91 Å². The maximum absolute atomic E-state index is 13.1. The van der Waals surface area contributed by atoms with Gasteiger partial charge in [-0.2, -0.15) is 0 Å². The van der Waals surface area contributed by atoms with Gasteiger partial charge in [0.1, 0.15) is 6.04 Å². The second kappa shape index (κ2) is 7.46. The Morgan fingerprint density at radius 2 is 2.00 bits per heavy atom. The Morgan fingerprint density at radius 3 is 2.70 bits per heavy atom. The number of hydrogen-bond donors (Lipinski definition) is 2. The molecule has 1 aromatic rings. The molecule has 7 heteroatoms. The van der Waals surface area contributed by atoms with E-state index in [1.54, 1.807) is 4.90 Å². The minimum Gasteiger partial charge on any atom is -0.322 e. The lowest BCUT2D eigenvalue weighted by Crippen LogP contribution is -2.52. The van der Waals surface area contributed by atoms with E-state index in [1.165, 1.54) is 32.1 Å². The highest BCUT2D eigenvalue weighted by Gasteiger charge is 2.52. The van der Waals surface area contributed by atoms with E-state index in [0.29, 0.717) is 24.6 Å². The Balaban J connectivity index is 1.29. The van der Waals surface area contributed by atoms with Crippen molar-refractivity contribution in [3.8, 4) is 0 Å². The van der Waals surface area contributed by atoms with E-state index in [1.807, 2.05) is 12.1 Å². The zero-order chi connectivity index (χ0) is 20.9. The molecule has 0 bridgehead atoms. The molecule has 5 rings (SSSR count). The lowest BCUT2D eigenvalue weighted by Gasteiger charge is -2.38. The average Bonchev–Trinajstić information content (AvgIpc) is 3.50. The number of hydrogen-bond acceptors (Lipinski definition) is 5. The third kappa shape index (κ3) is 3.34. The van der Waals surface area contributed by atoms with E-state index in [2.05, 4.69) is 28.6 Å². The van der Waals surface area contributed by atoms with E-state index in [4.69, 9.17) is 0 Å². The van der Waals surface area contributed by atoms with Crippen molar-refractivity contribution in [1.82, 2.24) is 20.4 Å². The van der Waals surface area contributed by atoms with Gasteiger partial charge in [-0.3, -0.25) is 24.6 Å². The van der Waals surface area contributed by atoms with Crippen LogP contribution in [0.2, 0.25) is 0 Å². The molecule has 7 nitrogen and oxygen atoms in total. The zero-order valence-corrected chi connectivity index (χ0v) is 17.6. The molecule has 0 aromatic heterocycles. The van der Waals surface area contributed by atoms with Gasteiger partial charge >= 0.3 is 0 Å². The summed E-state index contributed by atoms with van der Waals surface area (Å²) < 4.78 is 0. The monoisotopic (exact) mass is 410 g/mol. The maximum atomic E-state index is 13.1. The molecular formula is C23H30N4O3. The summed E-state index contributed by atoms with van der Waals surface area (Å²) in [6.45, 7) is 2.37. The number of nitrogens with zero attached hydrogens (tertiary/aromatic N) is 2. The molecule has 0 radical (unpaired) electrons. The van der Waals surface area contributed by atoms with Crippen LogP contribution in [0.5, 0.6) is 0 Å². The topological polar surface area (TPSA) is 81.8 Å². The van der Waals surface area contributed by atoms with Gasteiger partial charge in [0, 0.05) is 36.7 Å². The predicted molar refractivity (Wildman–Crippen MR) is 112 cm³/mol. The minimum atomic E-state index is -0.555. The van der Waals surface area contributed by atoms with Crippen molar-refractivity contribution in [1.29, 1.82) is 0 Å². The highest BCUT2D eigenvalue weighted by atomic mass is 16.2. The maximum Gasteiger partial charge on any atom is 0.255 e. The predicted octanol–water partition coefficient (Wildman–Crippen LogP) is 1.55. The summed E-state index contributed by atoms with van der Waals surface area (Å²) in [4.78, 5) is 40.8. The van der Waals surface area contributed by atoms with Gasteiger partial charge in [-0.15, -0.1) is 0 Å². The Bertz CT molecular complexity index is 888. The van der Waals surface area contributed by atoms with Crippen LogP contribution < -0.4 is 10.6 Å². The summed E-state index contributed by atoms with van der Waals surface area (Å²) in [6.07, 6.45) is 6.96. The smallest absolute Gasteiger partial charge is 0.255 e. The number of rotatable bonds is 5. The number of likely N-dealkylation sites (N-methyl/N-ethyl adjacent to an activating group) is 1. The molecule has 3 fully saturated rings. The first kappa shape index (κ1) is 19.7. The van der Waals surface area contributed by atoms with Crippen LogP contribution in [-0.2, 0) is 22.7 Å². The molecule has 1 saturated carbocycles. The molecule has 3 amide bonds. The van der Waals surface area contributed by atoms with Crippen LogP contribution in [0.4, 0.5) is 0 Å². The fraction of sp³-hybridized carbons (Fsp3) is 0.609. The van der Waals surface area contributed by atoms with Gasteiger partial charge in [-0.25, -0.2) is 0 Å². The third-order valence-electron chi connectivity index (χ3n) is 7.49. The summed E-state index contributed by atoms with van der Waals surface area (Å²) in [6, 6.07) is 6.16. The van der Waals surface area contributed by atoms with Crippen LogP contribution in [0.25, 0.3) is 0 Å². The first-order valence-corrected chi connectivity index (χ1v) is 11.2. The highest BCUT2D eigenvalue weighted by molar-refractivity contribution is 6.05. The van der Waals surface area contributed by atoms with Crippen LogP contribution in [0.3, 0.4) is 0 Å². The van der Waals surface area contributed by atoms with Crippen LogP contribution in [0, 0.1) is 0 Å². The summed E-state index contributed by atoms with van der Waals surface area (Å²) in [7, 11) is 2.20. The van der Waals surface area contributed by atoms with Gasteiger partial charge in [0.2, 0.25) is 11.8 Å². The first-order chi connectivity index (χ1) is 14.5. The van der Waals surface area contributed by atoms with Crippen molar-refractivity contribution in [2.45, 2.75) is 75.7 Å². The number of fused-ring (bicyclic) bond motifs is 1. The molecule has 3 heterocycles. The Kier molecular flexibility index (Phi) is 4.90. The fourth-order valence-electron chi connectivity index (χ4n) is 5.57. The fourth-order valence-corrected chi connectivity index (χ4v) is 5.57. The largest absolute Gasteiger partial charge is 0.322 e. The van der Waals surface area contributed by atoms with Crippen molar-refractivity contribution >= 4 is 17.7 Å². The van der Waals surface area contributed by atoms with Gasteiger partial charge in [0.05, 0.1) is 0 Å². The molecule has 2 N–H and O–H groups in total. The zero-order valence-electron chi connectivity index (χ0n) is 17.6. The van der Waals surface area contributed by atoms with Crippen LogP contribution in [0.15, 0.2) is 18.2 Å². The number of nitrogens with one attached hydrogen (secondary N) is 2. The number of benzene rings is 1. The summed E-state index contributed by atoms with van der Waals surface area (Å²) in [5.41, 5.74) is 3.05. The van der Waals surface area contributed by atoms with Crippen LogP contribution in [-0.4, -0.2) is 58.7 Å². The van der Waals surface area contributed by atoms with Crippen molar-refractivity contribution < 1.29 is 14.4 Å². The normalized spacial score (nSPS) is 27.9. The summed E-state index contributed by atoms with van der Waals surface area (Å²) in [5.74, 6) is -0.714. The molecule has 1 aromatic carbocycles. The lowest BCUT2D eigenvalue weighted by molar-refractivity contribution is -0.136. The van der Waals surface area contributed by atoms with E-state index in [9.17, 15) is 14.4 Å². The number of imide groups is 1. The van der Waals surface area contributed by atoms with Crippen molar-refractivity contribution in [3.05, 3.63) is 34.9 Å². The molecule has 2 saturated heterocycles. The van der Waals surface area contributed by atoms with Crippen molar-refractivity contribution in [3.63, 3.8) is 0 Å². The van der Waals surface area contributed by atoms with E-state index >= 15 is 0 Å². The SMILES string of the molecule is CN(Cc1ccc2c(c1)C(=O)N(C1CCC(=O)NC1=O)C2)C1(C2CCCCN2)CC1. The summed E-state index contributed by atoms with van der Waals surface area (Å²) >= 11 is 0. The van der Waals surface area contributed by atoms with Gasteiger partial charge in [-0.1, -0.05) is 18.6 Å². The molecule has 2 atom stereocenters. The van der Waals surface area contributed by atoms with Gasteiger partial charge in [0.15, 0.2) is 0 Å². The van der Waals surface area contributed by atoms with Gasteiger partial charge in [-0.05, 0) is 62.9 Å². The Labute approximate surface area is 177 Å². The first-order valence-electron chi connectivity index (χ1n) is 11.2. The average molecular weight is 411 g/mol. The van der Waals surface area contributed by atoms with E-state index < -0.39 is 6.04 Å². The van der Waals surface area contributed by atoms with Crippen molar-refractivity contribution in [2.24, 2.45) is 0 Å². The number of amides is 3. The summed E-state index contributed by atoms with van der Waals surface area (Å²) in [5, 5.41) is 6.08. The highest BCUT2D eigenvalue weighted by Crippen LogP contribution is 2.46. The standard InChI is InChI=1S/C23H30N4O3/c1-26(23(9-10-23)19-4-2-3-11-24-19)13-15-5-6-16-14-27(22(30)17(16)12-15)18-7-8-20(28)25-21(18)29/h5-6,12,18-19,24H,2-4,7-11,13-14H2,1H3,(H,25,28,29).